The van der Waals surface area contributed by atoms with Crippen LogP contribution in [0, 0.1) is 6.92 Å². The minimum atomic E-state index is -0.0238. The van der Waals surface area contributed by atoms with E-state index in [-0.39, 0.29) is 5.91 Å². The van der Waals surface area contributed by atoms with Crippen molar-refractivity contribution in [1.29, 1.82) is 0 Å². The molecule has 0 spiro atoms. The first-order valence-corrected chi connectivity index (χ1v) is 9.16. The summed E-state index contributed by atoms with van der Waals surface area (Å²) in [4.78, 5) is 17.0. The van der Waals surface area contributed by atoms with E-state index in [0.717, 1.165) is 24.5 Å². The highest BCUT2D eigenvalue weighted by Gasteiger charge is 2.24. The molecular weight excluding hydrogens is 402 g/mol. The maximum Gasteiger partial charge on any atom is 0.254 e. The van der Waals surface area contributed by atoms with Crippen molar-refractivity contribution < 1.29 is 18.8 Å². The molecule has 1 fully saturated rings. The van der Waals surface area contributed by atoms with Gasteiger partial charge in [0.1, 0.15) is 16.0 Å². The smallest absolute Gasteiger partial charge is 0.254 e. The second-order valence-electron chi connectivity index (χ2n) is 6.20. The number of ether oxygens (including phenoxy) is 2. The number of halogens is 1. The summed E-state index contributed by atoms with van der Waals surface area (Å²) in [6, 6.07) is 5.41. The van der Waals surface area contributed by atoms with Gasteiger partial charge in [-0.25, -0.2) is 0 Å². The van der Waals surface area contributed by atoms with Crippen LogP contribution >= 0.6 is 15.9 Å². The van der Waals surface area contributed by atoms with Gasteiger partial charge in [0.2, 0.25) is 0 Å². The summed E-state index contributed by atoms with van der Waals surface area (Å²) in [5, 5.41) is 3.91. The number of rotatable bonds is 5. The van der Waals surface area contributed by atoms with E-state index in [1.54, 1.807) is 26.4 Å². The van der Waals surface area contributed by atoms with Crippen molar-refractivity contribution in [3.05, 3.63) is 39.7 Å². The van der Waals surface area contributed by atoms with Crippen molar-refractivity contribution >= 4 is 21.8 Å². The average Bonchev–Trinajstić information content (AvgIpc) is 3.06. The lowest BCUT2D eigenvalue weighted by atomic mass is 10.1. The Labute approximate surface area is 161 Å². The molecule has 8 heteroatoms. The van der Waals surface area contributed by atoms with Crippen LogP contribution in [0.4, 0.5) is 0 Å². The second kappa shape index (κ2) is 8.09. The van der Waals surface area contributed by atoms with Gasteiger partial charge in [-0.3, -0.25) is 9.69 Å². The largest absolute Gasteiger partial charge is 0.495 e. The van der Waals surface area contributed by atoms with E-state index in [1.165, 1.54) is 0 Å². The lowest BCUT2D eigenvalue weighted by Crippen LogP contribution is -2.48. The molecular formula is C18H22BrN3O4. The summed E-state index contributed by atoms with van der Waals surface area (Å²) in [6.45, 7) is 5.51. The SMILES string of the molecule is COc1cc(C(=O)N2CCN(Cc3cc(C)no3)CC2)cc(OC)c1Br. The van der Waals surface area contributed by atoms with Gasteiger partial charge in [0.25, 0.3) is 5.91 Å². The van der Waals surface area contributed by atoms with Crippen LogP contribution in [0.15, 0.2) is 27.2 Å². The summed E-state index contributed by atoms with van der Waals surface area (Å²) < 4.78 is 16.6. The molecule has 1 saturated heterocycles. The highest BCUT2D eigenvalue weighted by Crippen LogP contribution is 2.36. The quantitative estimate of drug-likeness (QED) is 0.736. The minimum absolute atomic E-state index is 0.0238. The Bertz CT molecular complexity index is 759. The molecule has 7 nitrogen and oxygen atoms in total. The zero-order chi connectivity index (χ0) is 18.7. The first-order chi connectivity index (χ1) is 12.5. The van der Waals surface area contributed by atoms with E-state index in [9.17, 15) is 4.79 Å². The van der Waals surface area contributed by atoms with Crippen molar-refractivity contribution in [1.82, 2.24) is 15.0 Å². The van der Waals surface area contributed by atoms with Gasteiger partial charge in [-0.1, -0.05) is 5.16 Å². The Morgan fingerprint density at radius 3 is 2.27 bits per heavy atom. The van der Waals surface area contributed by atoms with Crippen LogP contribution in [0.25, 0.3) is 0 Å². The fourth-order valence-corrected chi connectivity index (χ4v) is 3.55. The Kier molecular flexibility index (Phi) is 5.83. The number of methoxy groups -OCH3 is 2. The number of aryl methyl sites for hydroxylation is 1. The first-order valence-electron chi connectivity index (χ1n) is 8.37. The Hall–Kier alpha value is -2.06. The molecule has 0 saturated carbocycles. The zero-order valence-corrected chi connectivity index (χ0v) is 16.7. The molecule has 0 bridgehead atoms. The molecule has 1 aromatic carbocycles. The molecule has 0 radical (unpaired) electrons. The zero-order valence-electron chi connectivity index (χ0n) is 15.1. The van der Waals surface area contributed by atoms with Gasteiger partial charge in [-0.2, -0.15) is 0 Å². The third-order valence-electron chi connectivity index (χ3n) is 4.41. The number of hydrogen-bond acceptors (Lipinski definition) is 6. The number of carbonyl (C=O) groups is 1. The summed E-state index contributed by atoms with van der Waals surface area (Å²) >= 11 is 3.43. The topological polar surface area (TPSA) is 68.0 Å². The first kappa shape index (κ1) is 18.7. The highest BCUT2D eigenvalue weighted by molar-refractivity contribution is 9.10. The van der Waals surface area contributed by atoms with Crippen molar-refractivity contribution in [3.8, 4) is 11.5 Å². The number of carbonyl (C=O) groups excluding carboxylic acids is 1. The van der Waals surface area contributed by atoms with Gasteiger partial charge in [0, 0.05) is 37.8 Å². The molecule has 26 heavy (non-hydrogen) atoms. The summed E-state index contributed by atoms with van der Waals surface area (Å²) in [6.07, 6.45) is 0. The Morgan fingerprint density at radius 2 is 1.77 bits per heavy atom. The molecule has 1 amide bonds. The normalized spacial score (nSPS) is 15.2. The second-order valence-corrected chi connectivity index (χ2v) is 6.99. The number of hydrogen-bond donors (Lipinski definition) is 0. The fraction of sp³-hybridized carbons (Fsp3) is 0.444. The van der Waals surface area contributed by atoms with Crippen LogP contribution in [-0.2, 0) is 6.54 Å². The highest BCUT2D eigenvalue weighted by atomic mass is 79.9. The molecule has 0 atom stereocenters. The van der Waals surface area contributed by atoms with Crippen LogP contribution in [0.3, 0.4) is 0 Å². The van der Waals surface area contributed by atoms with Gasteiger partial charge >= 0.3 is 0 Å². The van der Waals surface area contributed by atoms with Crippen LogP contribution in [0.1, 0.15) is 21.8 Å². The van der Waals surface area contributed by atoms with E-state index in [4.69, 9.17) is 14.0 Å². The van der Waals surface area contributed by atoms with E-state index in [0.29, 0.717) is 41.2 Å². The third-order valence-corrected chi connectivity index (χ3v) is 5.19. The number of aromatic nitrogens is 1. The van der Waals surface area contributed by atoms with E-state index >= 15 is 0 Å². The van der Waals surface area contributed by atoms with E-state index in [2.05, 4.69) is 26.0 Å². The van der Waals surface area contributed by atoms with Gasteiger partial charge in [0.15, 0.2) is 5.76 Å². The lowest BCUT2D eigenvalue weighted by Gasteiger charge is -2.34. The standard InChI is InChI=1S/C18H22BrN3O4/c1-12-8-14(26-20-12)11-21-4-6-22(7-5-21)18(23)13-9-15(24-2)17(19)16(10-13)25-3/h8-10H,4-7,11H2,1-3H3. The predicted molar refractivity (Wildman–Crippen MR) is 99.7 cm³/mol. The summed E-state index contributed by atoms with van der Waals surface area (Å²) in [5.41, 5.74) is 1.44. The number of nitrogens with zero attached hydrogens (tertiary/aromatic N) is 3. The molecule has 3 rings (SSSR count). The molecule has 1 aliphatic heterocycles. The van der Waals surface area contributed by atoms with Gasteiger partial charge in [-0.15, -0.1) is 0 Å². The van der Waals surface area contributed by atoms with Crippen LogP contribution in [-0.4, -0.2) is 61.3 Å². The maximum atomic E-state index is 12.9. The van der Waals surface area contributed by atoms with Crippen LogP contribution in [0.2, 0.25) is 0 Å². The molecule has 140 valence electrons. The number of amides is 1. The molecule has 0 unspecified atom stereocenters. The fourth-order valence-electron chi connectivity index (χ4n) is 3.00. The molecule has 1 aromatic heterocycles. The van der Waals surface area contributed by atoms with Crippen molar-refractivity contribution in [3.63, 3.8) is 0 Å². The minimum Gasteiger partial charge on any atom is -0.495 e. The third kappa shape index (κ3) is 4.02. The Morgan fingerprint density at radius 1 is 1.15 bits per heavy atom. The number of benzene rings is 1. The summed E-state index contributed by atoms with van der Waals surface area (Å²) in [5.74, 6) is 1.98. The van der Waals surface area contributed by atoms with E-state index in [1.807, 2.05) is 17.9 Å². The molecule has 0 aliphatic carbocycles. The van der Waals surface area contributed by atoms with Crippen molar-refractivity contribution in [2.75, 3.05) is 40.4 Å². The molecule has 1 aliphatic rings. The summed E-state index contributed by atoms with van der Waals surface area (Å²) in [7, 11) is 3.13. The molecule has 2 aromatic rings. The van der Waals surface area contributed by atoms with Gasteiger partial charge in [-0.05, 0) is 35.0 Å². The Balaban J connectivity index is 1.65. The average molecular weight is 424 g/mol. The van der Waals surface area contributed by atoms with Crippen LogP contribution in [0.5, 0.6) is 11.5 Å². The van der Waals surface area contributed by atoms with Gasteiger partial charge in [0.05, 0.1) is 26.5 Å². The maximum absolute atomic E-state index is 12.9. The molecule has 2 heterocycles. The predicted octanol–water partition coefficient (Wildman–Crippen LogP) is 2.72. The van der Waals surface area contributed by atoms with E-state index < -0.39 is 0 Å². The monoisotopic (exact) mass is 423 g/mol. The van der Waals surface area contributed by atoms with Crippen molar-refractivity contribution in [2.45, 2.75) is 13.5 Å². The lowest BCUT2D eigenvalue weighted by molar-refractivity contribution is 0.0616. The number of piperazine rings is 1. The van der Waals surface area contributed by atoms with Gasteiger partial charge < -0.3 is 18.9 Å². The van der Waals surface area contributed by atoms with Crippen LogP contribution < -0.4 is 9.47 Å². The molecule has 0 N–H and O–H groups in total. The van der Waals surface area contributed by atoms with Crippen molar-refractivity contribution in [2.24, 2.45) is 0 Å².